The Labute approximate surface area is 227 Å². The van der Waals surface area contributed by atoms with Gasteiger partial charge in [0, 0.05) is 53.0 Å². The van der Waals surface area contributed by atoms with E-state index < -0.39 is 34.5 Å². The van der Waals surface area contributed by atoms with E-state index in [1.54, 1.807) is 0 Å². The Kier molecular flexibility index (Phi) is 8.64. The molecule has 0 saturated carbocycles. The zero-order chi connectivity index (χ0) is 26.7. The summed E-state index contributed by atoms with van der Waals surface area (Å²) >= 11 is 9.54. The van der Waals surface area contributed by atoms with Crippen LogP contribution in [0.2, 0.25) is 5.02 Å². The summed E-state index contributed by atoms with van der Waals surface area (Å²) < 4.78 is 29.6. The van der Waals surface area contributed by atoms with Crippen LogP contribution in [0.15, 0.2) is 34.8 Å². The number of amides is 1. The maximum Gasteiger partial charge on any atom is 0.303 e. The van der Waals surface area contributed by atoms with Crippen LogP contribution in [0.25, 0.3) is 10.9 Å². The molecule has 6 nitrogen and oxygen atoms in total. The number of anilines is 1. The first-order valence-corrected chi connectivity index (χ1v) is 13.3. The van der Waals surface area contributed by atoms with Gasteiger partial charge < -0.3 is 15.3 Å². The van der Waals surface area contributed by atoms with Crippen molar-refractivity contribution in [2.45, 2.75) is 44.9 Å². The van der Waals surface area contributed by atoms with Crippen molar-refractivity contribution in [1.29, 1.82) is 0 Å². The number of aliphatic carboxylic acids is 1. The van der Waals surface area contributed by atoms with Crippen LogP contribution in [0, 0.1) is 18.6 Å². The van der Waals surface area contributed by atoms with Crippen molar-refractivity contribution in [3.63, 3.8) is 0 Å². The number of aromatic nitrogens is 1. The number of carboxylic acid groups (broad SMARTS) is 1. The summed E-state index contributed by atoms with van der Waals surface area (Å²) in [6.07, 6.45) is 2.92. The lowest BCUT2D eigenvalue weighted by atomic mass is 9.93. The Morgan fingerprint density at radius 3 is 2.57 bits per heavy atom. The Morgan fingerprint density at radius 2 is 1.86 bits per heavy atom. The average Bonchev–Trinajstić information content (AvgIpc) is 2.87. The van der Waals surface area contributed by atoms with Crippen molar-refractivity contribution >= 4 is 56.1 Å². The van der Waals surface area contributed by atoms with E-state index in [9.17, 15) is 23.5 Å². The van der Waals surface area contributed by atoms with Crippen LogP contribution in [0.1, 0.15) is 59.5 Å². The maximum absolute atomic E-state index is 14.7. The fraction of sp³-hybridized carbons (Fsp3) is 0.370. The zero-order valence-electron chi connectivity index (χ0n) is 20.3. The van der Waals surface area contributed by atoms with Crippen LogP contribution < -0.4 is 10.2 Å². The molecular weight excluding hydrogens is 568 g/mol. The zero-order valence-corrected chi connectivity index (χ0v) is 22.6. The number of nitrogens with zero attached hydrogens (tertiary/aromatic N) is 2. The number of hydrogen-bond acceptors (Lipinski definition) is 4. The molecule has 1 aliphatic rings. The average molecular weight is 595 g/mol. The number of carbonyl (C=O) groups excluding carboxylic acids is 1. The Balaban J connectivity index is 1.70. The standard InChI is InChI=1S/C27H27BrClF2N3O3/c1-15-23(18-13-17(28)6-9-21(18)33-26(15)34-11-3-2-4-12-34)27(37)32-14-16(5-10-22(35)36)24-19(30)7-8-20(31)25(24)29/h6-9,13,16H,2-5,10-12,14H2,1H3,(H,32,37)(H,35,36). The van der Waals surface area contributed by atoms with Gasteiger partial charge in [-0.1, -0.05) is 27.5 Å². The quantitative estimate of drug-likeness (QED) is 0.287. The van der Waals surface area contributed by atoms with Gasteiger partial charge in [0.05, 0.1) is 16.1 Å². The molecule has 0 aliphatic carbocycles. The second kappa shape index (κ2) is 11.7. The van der Waals surface area contributed by atoms with Gasteiger partial charge in [-0.3, -0.25) is 9.59 Å². The maximum atomic E-state index is 14.7. The summed E-state index contributed by atoms with van der Waals surface area (Å²) in [6.45, 7) is 3.44. The van der Waals surface area contributed by atoms with Crippen molar-refractivity contribution in [1.82, 2.24) is 10.3 Å². The van der Waals surface area contributed by atoms with Crippen LogP contribution in [0.3, 0.4) is 0 Å². The molecule has 37 heavy (non-hydrogen) atoms. The molecule has 196 valence electrons. The smallest absolute Gasteiger partial charge is 0.303 e. The molecule has 1 atom stereocenters. The number of fused-ring (bicyclic) bond motifs is 1. The minimum atomic E-state index is -1.09. The van der Waals surface area contributed by atoms with Crippen molar-refractivity contribution in [2.24, 2.45) is 0 Å². The van der Waals surface area contributed by atoms with Crippen LogP contribution >= 0.6 is 27.5 Å². The third-order valence-electron chi connectivity index (χ3n) is 6.75. The van der Waals surface area contributed by atoms with Gasteiger partial charge in [0.15, 0.2) is 0 Å². The molecule has 1 fully saturated rings. The summed E-state index contributed by atoms with van der Waals surface area (Å²) in [7, 11) is 0. The van der Waals surface area contributed by atoms with Gasteiger partial charge >= 0.3 is 5.97 Å². The number of benzene rings is 2. The monoisotopic (exact) mass is 593 g/mol. The number of pyridine rings is 1. The van der Waals surface area contributed by atoms with Crippen molar-refractivity contribution in [2.75, 3.05) is 24.5 Å². The minimum absolute atomic E-state index is 0.0314. The van der Waals surface area contributed by atoms with Gasteiger partial charge in [0.2, 0.25) is 0 Å². The Hall–Kier alpha value is -2.78. The number of piperidine rings is 1. The summed E-state index contributed by atoms with van der Waals surface area (Å²) in [5.74, 6) is -3.15. The molecule has 3 aromatic rings. The van der Waals surface area contributed by atoms with Gasteiger partial charge in [-0.15, -0.1) is 0 Å². The summed E-state index contributed by atoms with van der Waals surface area (Å²) in [5, 5.41) is 12.3. The van der Waals surface area contributed by atoms with E-state index in [1.165, 1.54) is 0 Å². The topological polar surface area (TPSA) is 82.5 Å². The second-order valence-electron chi connectivity index (χ2n) is 9.24. The first-order chi connectivity index (χ1) is 17.7. The molecule has 1 saturated heterocycles. The lowest BCUT2D eigenvalue weighted by Gasteiger charge is -2.30. The summed E-state index contributed by atoms with van der Waals surface area (Å²) in [6, 6.07) is 7.41. The predicted octanol–water partition coefficient (Wildman–Crippen LogP) is 6.61. The third-order valence-corrected chi connectivity index (χ3v) is 7.63. The van der Waals surface area contributed by atoms with Crippen LogP contribution in [0.4, 0.5) is 14.6 Å². The highest BCUT2D eigenvalue weighted by Crippen LogP contribution is 2.34. The number of carboxylic acids is 1. The fourth-order valence-electron chi connectivity index (χ4n) is 4.89. The number of rotatable bonds is 8. The highest BCUT2D eigenvalue weighted by atomic mass is 79.9. The normalized spacial score (nSPS) is 14.6. The molecule has 10 heteroatoms. The molecule has 0 spiro atoms. The SMILES string of the molecule is Cc1c(N2CCCCC2)nc2ccc(Br)cc2c1C(=O)NCC(CCC(=O)O)c1c(F)ccc(F)c1Cl. The second-order valence-corrected chi connectivity index (χ2v) is 10.5. The van der Waals surface area contributed by atoms with Crippen molar-refractivity contribution in [3.05, 3.63) is 68.2 Å². The minimum Gasteiger partial charge on any atom is -0.481 e. The van der Waals surface area contributed by atoms with Crippen LogP contribution in [-0.4, -0.2) is 41.6 Å². The van der Waals surface area contributed by atoms with E-state index >= 15 is 0 Å². The fourth-order valence-corrected chi connectivity index (χ4v) is 5.56. The summed E-state index contributed by atoms with van der Waals surface area (Å²) in [5.41, 5.74) is 1.69. The molecular formula is C27H27BrClF2N3O3. The van der Waals surface area contributed by atoms with Crippen molar-refractivity contribution < 1.29 is 23.5 Å². The van der Waals surface area contributed by atoms with E-state index in [2.05, 4.69) is 26.1 Å². The Morgan fingerprint density at radius 1 is 1.16 bits per heavy atom. The highest BCUT2D eigenvalue weighted by Gasteiger charge is 2.26. The number of hydrogen-bond donors (Lipinski definition) is 2. The molecule has 2 aromatic carbocycles. The molecule has 2 heterocycles. The molecule has 1 unspecified atom stereocenters. The number of nitrogens with one attached hydrogen (secondary N) is 1. The Bertz CT molecular complexity index is 1350. The molecule has 1 aromatic heterocycles. The molecule has 1 amide bonds. The van der Waals surface area contributed by atoms with Crippen LogP contribution in [-0.2, 0) is 4.79 Å². The van der Waals surface area contributed by atoms with Crippen molar-refractivity contribution in [3.8, 4) is 0 Å². The highest BCUT2D eigenvalue weighted by molar-refractivity contribution is 9.10. The van der Waals surface area contributed by atoms with E-state index in [4.69, 9.17) is 16.6 Å². The van der Waals surface area contributed by atoms with Gasteiger partial charge in [-0.2, -0.15) is 0 Å². The third kappa shape index (κ3) is 6.04. The van der Waals surface area contributed by atoms with E-state index in [0.717, 1.165) is 60.3 Å². The van der Waals surface area contributed by atoms with Gasteiger partial charge in [-0.25, -0.2) is 13.8 Å². The first kappa shape index (κ1) is 27.3. The van der Waals surface area contributed by atoms with Gasteiger partial charge in [0.1, 0.15) is 17.5 Å². The van der Waals surface area contributed by atoms with E-state index in [1.807, 2.05) is 25.1 Å². The molecule has 0 bridgehead atoms. The van der Waals surface area contributed by atoms with Gasteiger partial charge in [-0.05, 0) is 62.9 Å². The van der Waals surface area contributed by atoms with E-state index in [-0.39, 0.29) is 24.9 Å². The molecule has 1 aliphatic heterocycles. The lowest BCUT2D eigenvalue weighted by molar-refractivity contribution is -0.137. The lowest BCUT2D eigenvalue weighted by Crippen LogP contribution is -2.33. The molecule has 0 radical (unpaired) electrons. The number of halogens is 4. The largest absolute Gasteiger partial charge is 0.481 e. The molecule has 2 N–H and O–H groups in total. The van der Waals surface area contributed by atoms with Crippen LogP contribution in [0.5, 0.6) is 0 Å². The summed E-state index contributed by atoms with van der Waals surface area (Å²) in [4.78, 5) is 31.9. The number of carbonyl (C=O) groups is 2. The molecule has 4 rings (SSSR count). The first-order valence-electron chi connectivity index (χ1n) is 12.2. The van der Waals surface area contributed by atoms with E-state index in [0.29, 0.717) is 16.5 Å². The predicted molar refractivity (Wildman–Crippen MR) is 144 cm³/mol. The van der Waals surface area contributed by atoms with Gasteiger partial charge in [0.25, 0.3) is 5.91 Å².